The lowest BCUT2D eigenvalue weighted by molar-refractivity contribution is 0.312. The zero-order chi connectivity index (χ0) is 15.0. The molecule has 0 N–H and O–H groups in total. The number of nitrogens with zero attached hydrogens (tertiary/aromatic N) is 1. The van der Waals surface area contributed by atoms with Crippen molar-refractivity contribution in [1.82, 2.24) is 4.90 Å². The Hall–Kier alpha value is -1.02. The van der Waals surface area contributed by atoms with E-state index < -0.39 is 0 Å². The van der Waals surface area contributed by atoms with Gasteiger partial charge in [0.05, 0.1) is 6.61 Å². The molecule has 1 unspecified atom stereocenters. The molecule has 0 amide bonds. The summed E-state index contributed by atoms with van der Waals surface area (Å²) in [6, 6.07) is 6.75. The van der Waals surface area contributed by atoms with Crippen LogP contribution in [0.5, 0.6) is 5.75 Å². The van der Waals surface area contributed by atoms with Gasteiger partial charge in [0, 0.05) is 0 Å². The van der Waals surface area contributed by atoms with Crippen molar-refractivity contribution in [2.75, 3.05) is 27.2 Å². The van der Waals surface area contributed by atoms with Gasteiger partial charge in [0.2, 0.25) is 0 Å². The molecule has 0 aromatic heterocycles. The molecule has 1 aromatic rings. The number of benzene rings is 1. The topological polar surface area (TPSA) is 12.5 Å². The normalized spacial score (nSPS) is 12.7. The summed E-state index contributed by atoms with van der Waals surface area (Å²) in [6.45, 7) is 8.64. The fourth-order valence-corrected chi connectivity index (χ4v) is 2.30. The first-order chi connectivity index (χ1) is 9.58. The average Bonchev–Trinajstić information content (AvgIpc) is 2.44. The van der Waals surface area contributed by atoms with E-state index >= 15 is 0 Å². The van der Waals surface area contributed by atoms with Crippen LogP contribution in [0.3, 0.4) is 0 Å². The van der Waals surface area contributed by atoms with Gasteiger partial charge in [0.15, 0.2) is 0 Å². The Bertz CT molecular complexity index is 387. The van der Waals surface area contributed by atoms with Gasteiger partial charge >= 0.3 is 0 Å². The minimum Gasteiger partial charge on any atom is -0.493 e. The number of hydrogen-bond acceptors (Lipinski definition) is 2. The summed E-state index contributed by atoms with van der Waals surface area (Å²) in [5, 5.41) is 0. The van der Waals surface area contributed by atoms with E-state index in [1.165, 1.54) is 17.5 Å². The van der Waals surface area contributed by atoms with Gasteiger partial charge in [-0.05, 0) is 69.4 Å². The minimum atomic E-state index is 0.565. The van der Waals surface area contributed by atoms with Crippen LogP contribution in [0.1, 0.15) is 57.1 Å². The van der Waals surface area contributed by atoms with E-state index in [4.69, 9.17) is 4.74 Å². The maximum absolute atomic E-state index is 5.90. The molecule has 0 radical (unpaired) electrons. The molecular weight excluding hydrogens is 246 g/mol. The van der Waals surface area contributed by atoms with Crippen molar-refractivity contribution >= 4 is 0 Å². The Balaban J connectivity index is 2.78. The molecule has 0 saturated carbocycles. The van der Waals surface area contributed by atoms with Crippen molar-refractivity contribution in [2.45, 2.75) is 52.4 Å². The van der Waals surface area contributed by atoms with Crippen molar-refractivity contribution in [3.63, 3.8) is 0 Å². The number of hydrogen-bond donors (Lipinski definition) is 0. The summed E-state index contributed by atoms with van der Waals surface area (Å²) >= 11 is 0. The van der Waals surface area contributed by atoms with E-state index in [-0.39, 0.29) is 0 Å². The van der Waals surface area contributed by atoms with Crippen LogP contribution in [0.4, 0.5) is 0 Å². The summed E-state index contributed by atoms with van der Waals surface area (Å²) in [7, 11) is 4.26. The molecule has 0 saturated heterocycles. The van der Waals surface area contributed by atoms with Crippen molar-refractivity contribution in [3.05, 3.63) is 29.3 Å². The highest BCUT2D eigenvalue weighted by Crippen LogP contribution is 2.30. The molecule has 1 aromatic carbocycles. The van der Waals surface area contributed by atoms with Crippen molar-refractivity contribution in [1.29, 1.82) is 0 Å². The van der Waals surface area contributed by atoms with Crippen LogP contribution in [-0.2, 0) is 6.42 Å². The van der Waals surface area contributed by atoms with E-state index in [1.807, 2.05) is 0 Å². The number of ether oxygens (including phenoxy) is 1. The Kier molecular flexibility index (Phi) is 7.68. The first kappa shape index (κ1) is 17.0. The first-order valence-corrected chi connectivity index (χ1v) is 7.98. The predicted octanol–water partition coefficient (Wildman–Crippen LogP) is 4.48. The monoisotopic (exact) mass is 277 g/mol. The third-order valence-corrected chi connectivity index (χ3v) is 3.75. The van der Waals surface area contributed by atoms with Gasteiger partial charge in [-0.15, -0.1) is 0 Å². The smallest absolute Gasteiger partial charge is 0.122 e. The van der Waals surface area contributed by atoms with Crippen LogP contribution in [0.2, 0.25) is 0 Å². The largest absolute Gasteiger partial charge is 0.493 e. The molecule has 114 valence electrons. The summed E-state index contributed by atoms with van der Waals surface area (Å²) in [6.07, 6.45) is 4.58. The lowest BCUT2D eigenvalue weighted by Crippen LogP contribution is -2.13. The van der Waals surface area contributed by atoms with Gasteiger partial charge in [-0.2, -0.15) is 0 Å². The van der Waals surface area contributed by atoms with Crippen LogP contribution < -0.4 is 4.74 Å². The SMILES string of the molecule is CCCOc1ccc(CCCN(C)C)cc1C(C)CC. The van der Waals surface area contributed by atoms with Gasteiger partial charge in [0.25, 0.3) is 0 Å². The second kappa shape index (κ2) is 9.02. The Morgan fingerprint density at radius 1 is 1.20 bits per heavy atom. The molecule has 1 rings (SSSR count). The number of rotatable bonds is 9. The van der Waals surface area contributed by atoms with Gasteiger partial charge in [0.1, 0.15) is 5.75 Å². The maximum atomic E-state index is 5.90. The van der Waals surface area contributed by atoms with Crippen LogP contribution in [0.15, 0.2) is 18.2 Å². The van der Waals surface area contributed by atoms with Gasteiger partial charge in [-0.25, -0.2) is 0 Å². The summed E-state index contributed by atoms with van der Waals surface area (Å²) < 4.78 is 5.90. The average molecular weight is 277 g/mol. The molecule has 0 spiro atoms. The minimum absolute atomic E-state index is 0.565. The van der Waals surface area contributed by atoms with Gasteiger partial charge < -0.3 is 9.64 Å². The standard InChI is InChI=1S/C18H31NO/c1-6-13-20-18-11-10-16(9-8-12-19(4)5)14-17(18)15(3)7-2/h10-11,14-15H,6-9,12-13H2,1-5H3. The molecule has 0 heterocycles. The van der Waals surface area contributed by atoms with E-state index in [0.717, 1.165) is 38.2 Å². The molecule has 0 fully saturated rings. The molecule has 0 aliphatic heterocycles. The molecule has 20 heavy (non-hydrogen) atoms. The highest BCUT2D eigenvalue weighted by molar-refractivity contribution is 5.39. The molecule has 0 aliphatic rings. The lowest BCUT2D eigenvalue weighted by atomic mass is 9.94. The second-order valence-electron chi connectivity index (χ2n) is 5.94. The lowest BCUT2D eigenvalue weighted by Gasteiger charge is -2.17. The maximum Gasteiger partial charge on any atom is 0.122 e. The van der Waals surface area contributed by atoms with Crippen molar-refractivity contribution < 1.29 is 4.74 Å². The summed E-state index contributed by atoms with van der Waals surface area (Å²) in [4.78, 5) is 2.24. The molecule has 1 atom stereocenters. The quantitative estimate of drug-likeness (QED) is 0.659. The zero-order valence-corrected chi connectivity index (χ0v) is 13.9. The van der Waals surface area contributed by atoms with Crippen LogP contribution >= 0.6 is 0 Å². The Morgan fingerprint density at radius 3 is 2.55 bits per heavy atom. The Morgan fingerprint density at radius 2 is 1.95 bits per heavy atom. The van der Waals surface area contributed by atoms with E-state index in [2.05, 4.69) is 58.0 Å². The van der Waals surface area contributed by atoms with Crippen LogP contribution in [0, 0.1) is 0 Å². The van der Waals surface area contributed by atoms with Crippen LogP contribution in [-0.4, -0.2) is 32.1 Å². The first-order valence-electron chi connectivity index (χ1n) is 7.98. The molecule has 2 heteroatoms. The highest BCUT2D eigenvalue weighted by atomic mass is 16.5. The molecule has 0 bridgehead atoms. The van der Waals surface area contributed by atoms with Gasteiger partial charge in [-0.1, -0.05) is 32.9 Å². The van der Waals surface area contributed by atoms with Crippen molar-refractivity contribution in [3.8, 4) is 5.75 Å². The predicted molar refractivity (Wildman–Crippen MR) is 87.8 cm³/mol. The van der Waals surface area contributed by atoms with E-state index in [9.17, 15) is 0 Å². The third-order valence-electron chi connectivity index (χ3n) is 3.75. The zero-order valence-electron chi connectivity index (χ0n) is 13.9. The van der Waals surface area contributed by atoms with E-state index in [0.29, 0.717) is 5.92 Å². The van der Waals surface area contributed by atoms with Gasteiger partial charge in [-0.3, -0.25) is 0 Å². The molecular formula is C18H31NO. The highest BCUT2D eigenvalue weighted by Gasteiger charge is 2.11. The summed E-state index contributed by atoms with van der Waals surface area (Å²) in [5.41, 5.74) is 2.81. The fraction of sp³-hybridized carbons (Fsp3) is 0.667. The molecule has 0 aliphatic carbocycles. The third kappa shape index (κ3) is 5.54. The second-order valence-corrected chi connectivity index (χ2v) is 5.94. The van der Waals surface area contributed by atoms with E-state index in [1.54, 1.807) is 0 Å². The summed E-state index contributed by atoms with van der Waals surface area (Å²) in [5.74, 6) is 1.65. The Labute approximate surface area is 125 Å². The van der Waals surface area contributed by atoms with Crippen LogP contribution in [0.25, 0.3) is 0 Å². The number of aryl methyl sites for hydroxylation is 1. The molecule has 2 nitrogen and oxygen atoms in total. The fourth-order valence-electron chi connectivity index (χ4n) is 2.30. The van der Waals surface area contributed by atoms with Crippen molar-refractivity contribution in [2.24, 2.45) is 0 Å².